The molecule has 1 aliphatic heterocycles. The van der Waals surface area contributed by atoms with Crippen LogP contribution in [0.2, 0.25) is 0 Å². The van der Waals surface area contributed by atoms with Gasteiger partial charge < -0.3 is 9.64 Å². The van der Waals surface area contributed by atoms with E-state index < -0.39 is 0 Å². The summed E-state index contributed by atoms with van der Waals surface area (Å²) in [6, 6.07) is 24.5. The minimum absolute atomic E-state index is 0.642. The fourth-order valence-electron chi connectivity index (χ4n) is 4.40. The van der Waals surface area contributed by atoms with E-state index in [9.17, 15) is 0 Å². The number of hydrogen-bond acceptors (Lipinski definition) is 6. The molecule has 0 unspecified atom stereocenters. The molecule has 0 amide bonds. The van der Waals surface area contributed by atoms with Gasteiger partial charge in [-0.15, -0.1) is 0 Å². The average Bonchev–Trinajstić information content (AvgIpc) is 3.20. The van der Waals surface area contributed by atoms with E-state index in [0.717, 1.165) is 49.3 Å². The van der Waals surface area contributed by atoms with E-state index in [1.54, 1.807) is 0 Å². The fraction of sp³-hybridized carbons (Fsp3) is 0.296. The Hall–Kier alpha value is -3.49. The number of benzene rings is 2. The molecule has 35 heavy (non-hydrogen) atoms. The Bertz CT molecular complexity index is 1280. The van der Waals surface area contributed by atoms with Crippen LogP contribution in [0.25, 0.3) is 5.69 Å². The van der Waals surface area contributed by atoms with Crippen molar-refractivity contribution in [3.05, 3.63) is 95.2 Å². The molecule has 0 saturated carbocycles. The highest BCUT2D eigenvalue weighted by atomic mass is 32.1. The Balaban J connectivity index is 1.38. The second-order valence-electron chi connectivity index (χ2n) is 8.56. The molecule has 0 atom stereocenters. The highest BCUT2D eigenvalue weighted by Gasteiger charge is 2.20. The molecule has 2 aromatic heterocycles. The van der Waals surface area contributed by atoms with Gasteiger partial charge in [-0.3, -0.25) is 9.47 Å². The summed E-state index contributed by atoms with van der Waals surface area (Å²) < 4.78 is 10.4. The van der Waals surface area contributed by atoms with Gasteiger partial charge in [0.15, 0.2) is 0 Å². The maximum atomic E-state index is 5.95. The zero-order valence-electron chi connectivity index (χ0n) is 20.0. The first-order valence-corrected chi connectivity index (χ1v) is 12.5. The first-order chi connectivity index (χ1) is 17.2. The van der Waals surface area contributed by atoms with E-state index in [-0.39, 0.29) is 0 Å². The van der Waals surface area contributed by atoms with Crippen molar-refractivity contribution in [1.82, 2.24) is 24.2 Å². The molecule has 1 saturated heterocycles. The lowest BCUT2D eigenvalue weighted by Crippen LogP contribution is -2.47. The highest BCUT2D eigenvalue weighted by Crippen LogP contribution is 2.20. The van der Waals surface area contributed by atoms with Crippen LogP contribution in [0.1, 0.15) is 18.3 Å². The second-order valence-corrected chi connectivity index (χ2v) is 8.92. The van der Waals surface area contributed by atoms with Crippen molar-refractivity contribution in [2.24, 2.45) is 0 Å². The van der Waals surface area contributed by atoms with Crippen molar-refractivity contribution in [3.8, 4) is 11.4 Å². The van der Waals surface area contributed by atoms with Crippen LogP contribution in [-0.4, -0.2) is 57.0 Å². The van der Waals surface area contributed by atoms with Gasteiger partial charge in [-0.2, -0.15) is 5.10 Å². The third kappa shape index (κ3) is 5.44. The summed E-state index contributed by atoms with van der Waals surface area (Å²) >= 11 is 5.95. The predicted octanol–water partition coefficient (Wildman–Crippen LogP) is 4.57. The Labute approximate surface area is 211 Å². The van der Waals surface area contributed by atoms with Gasteiger partial charge in [0.25, 0.3) is 0 Å². The Morgan fingerprint density at radius 3 is 2.31 bits per heavy atom. The van der Waals surface area contributed by atoms with Crippen molar-refractivity contribution in [2.75, 3.05) is 37.7 Å². The highest BCUT2D eigenvalue weighted by molar-refractivity contribution is 7.71. The monoisotopic (exact) mass is 486 g/mol. The molecule has 0 aliphatic carbocycles. The van der Waals surface area contributed by atoms with E-state index in [2.05, 4.69) is 49.7 Å². The first kappa shape index (κ1) is 23.3. The van der Waals surface area contributed by atoms with Crippen LogP contribution in [0.5, 0.6) is 5.75 Å². The van der Waals surface area contributed by atoms with Crippen molar-refractivity contribution < 1.29 is 4.74 Å². The molecular formula is C27H30N6OS. The topological polar surface area (TPSA) is 51.4 Å². The molecule has 0 N–H and O–H groups in total. The quantitative estimate of drug-likeness (QED) is 0.340. The van der Waals surface area contributed by atoms with Gasteiger partial charge in [-0.25, -0.2) is 9.67 Å². The van der Waals surface area contributed by atoms with Gasteiger partial charge in [0.05, 0.1) is 13.3 Å². The van der Waals surface area contributed by atoms with Crippen molar-refractivity contribution in [1.29, 1.82) is 0 Å². The average molecular weight is 487 g/mol. The number of anilines is 1. The Morgan fingerprint density at radius 1 is 0.886 bits per heavy atom. The van der Waals surface area contributed by atoms with Crippen LogP contribution in [0.4, 0.5) is 5.82 Å². The molecule has 2 aromatic carbocycles. The summed E-state index contributed by atoms with van der Waals surface area (Å²) in [5.41, 5.74) is 2.20. The van der Waals surface area contributed by atoms with Crippen LogP contribution in [0, 0.1) is 4.77 Å². The predicted molar refractivity (Wildman–Crippen MR) is 141 cm³/mol. The minimum Gasteiger partial charge on any atom is -0.494 e. The molecule has 5 rings (SSSR count). The fourth-order valence-corrected chi connectivity index (χ4v) is 4.71. The van der Waals surface area contributed by atoms with E-state index in [1.807, 2.05) is 60.3 Å². The normalized spacial score (nSPS) is 14.3. The molecule has 1 fully saturated rings. The number of piperazine rings is 1. The van der Waals surface area contributed by atoms with E-state index in [0.29, 0.717) is 24.5 Å². The van der Waals surface area contributed by atoms with Crippen LogP contribution < -0.4 is 9.64 Å². The molecule has 8 heteroatoms. The van der Waals surface area contributed by atoms with Crippen LogP contribution in [0.3, 0.4) is 0 Å². The summed E-state index contributed by atoms with van der Waals surface area (Å²) in [6.45, 7) is 7.03. The number of ether oxygens (including phenoxy) is 1. The number of hydrogen-bond donors (Lipinski definition) is 0. The van der Waals surface area contributed by atoms with Gasteiger partial charge in [-0.05, 0) is 61.1 Å². The summed E-state index contributed by atoms with van der Waals surface area (Å²) in [5, 5.41) is 4.99. The zero-order valence-corrected chi connectivity index (χ0v) is 20.8. The van der Waals surface area contributed by atoms with Crippen LogP contribution in [0.15, 0.2) is 79.0 Å². The number of nitrogens with zero attached hydrogens (tertiary/aromatic N) is 6. The van der Waals surface area contributed by atoms with Gasteiger partial charge in [0.2, 0.25) is 4.77 Å². The molecule has 0 bridgehead atoms. The van der Waals surface area contributed by atoms with Crippen molar-refractivity contribution in [3.63, 3.8) is 0 Å². The van der Waals surface area contributed by atoms with Gasteiger partial charge >= 0.3 is 0 Å². The molecule has 4 aromatic rings. The number of pyridine rings is 1. The zero-order chi connectivity index (χ0) is 24.0. The van der Waals surface area contributed by atoms with Crippen molar-refractivity contribution >= 4 is 18.0 Å². The molecule has 3 heterocycles. The molecule has 0 spiro atoms. The van der Waals surface area contributed by atoms with Crippen LogP contribution in [-0.2, 0) is 13.1 Å². The summed E-state index contributed by atoms with van der Waals surface area (Å²) in [4.78, 5) is 9.22. The smallest absolute Gasteiger partial charge is 0.203 e. The lowest BCUT2D eigenvalue weighted by atomic mass is 10.1. The molecule has 1 aliphatic rings. The summed E-state index contributed by atoms with van der Waals surface area (Å²) in [7, 11) is 0. The lowest BCUT2D eigenvalue weighted by Gasteiger charge is -2.35. The van der Waals surface area contributed by atoms with E-state index in [4.69, 9.17) is 22.1 Å². The SMILES string of the molecule is CCOc1ccc(-n2c(Cc3ccccc3)nn(CN3CCN(c4ccccn4)CC3)c2=S)cc1. The molecule has 0 radical (unpaired) electrons. The van der Waals surface area contributed by atoms with Crippen molar-refractivity contribution in [2.45, 2.75) is 20.0 Å². The van der Waals surface area contributed by atoms with Gasteiger partial charge in [-0.1, -0.05) is 36.4 Å². The maximum absolute atomic E-state index is 5.95. The van der Waals surface area contributed by atoms with Crippen LogP contribution >= 0.6 is 12.2 Å². The Kier molecular flexibility index (Phi) is 7.20. The molecule has 180 valence electrons. The summed E-state index contributed by atoms with van der Waals surface area (Å²) in [5.74, 6) is 2.82. The number of aromatic nitrogens is 4. The third-order valence-electron chi connectivity index (χ3n) is 6.20. The largest absolute Gasteiger partial charge is 0.494 e. The van der Waals surface area contributed by atoms with Gasteiger partial charge in [0.1, 0.15) is 17.4 Å². The summed E-state index contributed by atoms with van der Waals surface area (Å²) in [6.07, 6.45) is 2.56. The first-order valence-electron chi connectivity index (χ1n) is 12.1. The molecule has 7 nitrogen and oxygen atoms in total. The van der Waals surface area contributed by atoms with E-state index in [1.165, 1.54) is 5.56 Å². The lowest BCUT2D eigenvalue weighted by molar-refractivity contribution is 0.193. The molecular weight excluding hydrogens is 456 g/mol. The third-order valence-corrected chi connectivity index (χ3v) is 6.59. The standard InChI is InChI=1S/C27H30N6OS/c1-2-34-24-13-11-23(12-14-24)33-26(20-22-8-4-3-5-9-22)29-32(27(33)35)21-30-16-18-31(19-17-30)25-10-6-7-15-28-25/h3-15H,2,16-21H2,1H3. The Morgan fingerprint density at radius 2 is 1.63 bits per heavy atom. The minimum atomic E-state index is 0.642. The van der Waals surface area contributed by atoms with E-state index >= 15 is 0 Å². The number of rotatable bonds is 8. The second kappa shape index (κ2) is 10.8. The maximum Gasteiger partial charge on any atom is 0.203 e. The van der Waals surface area contributed by atoms with Gasteiger partial charge in [0, 0.05) is 44.5 Å².